The first-order chi connectivity index (χ1) is 14.7. The van der Waals surface area contributed by atoms with E-state index >= 15 is 0 Å². The van der Waals surface area contributed by atoms with Crippen molar-refractivity contribution in [1.29, 1.82) is 0 Å². The Hall–Kier alpha value is -3.59. The highest BCUT2D eigenvalue weighted by Gasteiger charge is 2.57. The van der Waals surface area contributed by atoms with Crippen LogP contribution in [-0.2, 0) is 10.2 Å². The molecule has 2 aromatic carbocycles. The number of nitrogen functional groups attached to an aromatic ring is 1. The number of carbonyl (C=O) groups excluding carboxylic acids is 1. The van der Waals surface area contributed by atoms with Crippen molar-refractivity contribution in [2.75, 3.05) is 11.1 Å². The number of ether oxygens (including phenoxy) is 1. The maximum absolute atomic E-state index is 12.4. The van der Waals surface area contributed by atoms with Gasteiger partial charge in [-0.3, -0.25) is 14.6 Å². The molecule has 1 aliphatic heterocycles. The fourth-order valence-corrected chi connectivity index (χ4v) is 4.44. The molecule has 2 aliphatic rings. The molecule has 158 valence electrons. The first kappa shape index (κ1) is 19.4. The third kappa shape index (κ3) is 2.84. The lowest BCUT2D eigenvalue weighted by Gasteiger charge is -2.17. The Morgan fingerprint density at radius 1 is 1.19 bits per heavy atom. The molecule has 2 heterocycles. The molecule has 0 bridgehead atoms. The summed E-state index contributed by atoms with van der Waals surface area (Å²) in [7, 11) is 0. The van der Waals surface area contributed by atoms with Crippen molar-refractivity contribution in [2.45, 2.75) is 32.1 Å². The summed E-state index contributed by atoms with van der Waals surface area (Å²) in [6.07, 6.45) is 1.66. The van der Waals surface area contributed by atoms with Crippen LogP contribution < -0.4 is 27.0 Å². The Bertz CT molecular complexity index is 1380. The third-order valence-electron chi connectivity index (χ3n) is 5.85. The molecule has 9 nitrogen and oxygen atoms in total. The van der Waals surface area contributed by atoms with E-state index in [9.17, 15) is 14.4 Å². The van der Waals surface area contributed by atoms with Gasteiger partial charge in [-0.05, 0) is 67.6 Å². The Labute approximate surface area is 180 Å². The minimum Gasteiger partial charge on any atom is -0.455 e. The highest BCUT2D eigenvalue weighted by atomic mass is 35.5. The van der Waals surface area contributed by atoms with Crippen LogP contribution >= 0.6 is 11.6 Å². The summed E-state index contributed by atoms with van der Waals surface area (Å²) in [5, 5.41) is 7.02. The average molecular weight is 440 g/mol. The number of nitrogens with zero attached hydrogens (tertiary/aromatic N) is 2. The van der Waals surface area contributed by atoms with Crippen molar-refractivity contribution in [2.24, 2.45) is 0 Å². The average Bonchev–Trinajstić information content (AvgIpc) is 3.45. The lowest BCUT2D eigenvalue weighted by Crippen LogP contribution is -2.33. The molecule has 0 radical (unpaired) electrons. The molecule has 5 rings (SSSR count). The van der Waals surface area contributed by atoms with E-state index in [4.69, 9.17) is 22.1 Å². The lowest BCUT2D eigenvalue weighted by molar-refractivity contribution is -0.117. The first-order valence-corrected chi connectivity index (χ1v) is 10.0. The molecule has 4 N–H and O–H groups in total. The number of aryl methyl sites for hydroxylation is 1. The van der Waals surface area contributed by atoms with Gasteiger partial charge >= 0.3 is 5.69 Å². The number of halogens is 1. The standard InChI is InChI=1S/C21H18ClN5O4/c1-9-7-11(27-20(30)25-18(28)17(23)26-27)8-12(22)16(9)31-14-4-3-13-15(10(14)2)21(5-6-21)19(29)24-13/h3-4,7-8H,5-6H2,1-2H3,(H2,23,26)(H,24,29)(H,25,28,30). The summed E-state index contributed by atoms with van der Waals surface area (Å²) in [5.41, 5.74) is 7.30. The number of carbonyl (C=O) groups is 1. The number of anilines is 2. The van der Waals surface area contributed by atoms with Gasteiger partial charge < -0.3 is 15.8 Å². The van der Waals surface area contributed by atoms with E-state index in [1.165, 1.54) is 6.07 Å². The molecule has 0 unspecified atom stereocenters. The van der Waals surface area contributed by atoms with Gasteiger partial charge in [-0.2, -0.15) is 4.68 Å². The number of nitrogens with two attached hydrogens (primary N) is 1. The number of hydrogen-bond acceptors (Lipinski definition) is 6. The fraction of sp³-hybridized carbons (Fsp3) is 0.238. The predicted molar refractivity (Wildman–Crippen MR) is 115 cm³/mol. The number of fused-ring (bicyclic) bond motifs is 2. The zero-order valence-electron chi connectivity index (χ0n) is 16.7. The van der Waals surface area contributed by atoms with E-state index in [1.54, 1.807) is 19.1 Å². The van der Waals surface area contributed by atoms with Gasteiger partial charge in [0.1, 0.15) is 11.5 Å². The van der Waals surface area contributed by atoms with Crippen molar-refractivity contribution in [3.8, 4) is 17.2 Å². The van der Waals surface area contributed by atoms with Crippen LogP contribution in [0.4, 0.5) is 11.5 Å². The number of rotatable bonds is 3. The molecule has 1 saturated carbocycles. The summed E-state index contributed by atoms with van der Waals surface area (Å²) in [6, 6.07) is 6.80. The number of nitrogens with one attached hydrogen (secondary N) is 2. The molecule has 1 aromatic heterocycles. The molecular weight excluding hydrogens is 422 g/mol. The molecule has 31 heavy (non-hydrogen) atoms. The normalized spacial score (nSPS) is 15.6. The van der Waals surface area contributed by atoms with Gasteiger partial charge in [-0.25, -0.2) is 4.79 Å². The second-order valence-corrected chi connectivity index (χ2v) is 8.29. The van der Waals surface area contributed by atoms with Crippen LogP contribution in [0.1, 0.15) is 29.5 Å². The number of aromatic amines is 1. The Morgan fingerprint density at radius 3 is 2.61 bits per heavy atom. The summed E-state index contributed by atoms with van der Waals surface area (Å²) in [6.45, 7) is 3.71. The largest absolute Gasteiger partial charge is 0.455 e. The lowest BCUT2D eigenvalue weighted by atomic mass is 9.93. The summed E-state index contributed by atoms with van der Waals surface area (Å²) < 4.78 is 7.12. The molecule has 10 heteroatoms. The second kappa shape index (κ2) is 6.45. The SMILES string of the molecule is Cc1cc(-n2nc(N)c(=O)[nH]c2=O)cc(Cl)c1Oc1ccc2c(c1C)C1(CC1)C(=O)N2. The Kier molecular flexibility index (Phi) is 4.03. The van der Waals surface area contributed by atoms with Crippen LogP contribution in [-0.4, -0.2) is 20.7 Å². The predicted octanol–water partition coefficient (Wildman–Crippen LogP) is 2.55. The van der Waals surface area contributed by atoms with Crippen LogP contribution in [0.2, 0.25) is 5.02 Å². The number of hydrogen-bond donors (Lipinski definition) is 3. The quantitative estimate of drug-likeness (QED) is 0.574. The van der Waals surface area contributed by atoms with Gasteiger partial charge in [0.05, 0.1) is 16.1 Å². The van der Waals surface area contributed by atoms with Crippen molar-refractivity contribution in [3.63, 3.8) is 0 Å². The van der Waals surface area contributed by atoms with Gasteiger partial charge in [0.25, 0.3) is 5.56 Å². The van der Waals surface area contributed by atoms with E-state index in [0.717, 1.165) is 34.3 Å². The maximum Gasteiger partial charge on any atom is 0.349 e. The van der Waals surface area contributed by atoms with Crippen LogP contribution in [0.15, 0.2) is 33.9 Å². The summed E-state index contributed by atoms with van der Waals surface area (Å²) >= 11 is 6.48. The zero-order valence-corrected chi connectivity index (χ0v) is 17.5. The maximum atomic E-state index is 12.4. The van der Waals surface area contributed by atoms with Crippen molar-refractivity contribution >= 4 is 29.0 Å². The van der Waals surface area contributed by atoms with Gasteiger partial charge in [0, 0.05) is 5.69 Å². The van der Waals surface area contributed by atoms with Crippen molar-refractivity contribution in [3.05, 3.63) is 66.8 Å². The summed E-state index contributed by atoms with van der Waals surface area (Å²) in [4.78, 5) is 38.0. The molecule has 1 aliphatic carbocycles. The van der Waals surface area contributed by atoms with E-state index in [1.807, 2.05) is 13.0 Å². The first-order valence-electron chi connectivity index (χ1n) is 9.64. The molecule has 1 spiro atoms. The minimum absolute atomic E-state index is 0.0411. The number of amides is 1. The molecule has 3 aromatic rings. The monoisotopic (exact) mass is 439 g/mol. The van der Waals surface area contributed by atoms with Crippen LogP contribution in [0.3, 0.4) is 0 Å². The van der Waals surface area contributed by atoms with E-state index in [-0.39, 0.29) is 16.7 Å². The van der Waals surface area contributed by atoms with Crippen molar-refractivity contribution in [1.82, 2.24) is 14.8 Å². The molecule has 1 fully saturated rings. The van der Waals surface area contributed by atoms with E-state index < -0.39 is 16.7 Å². The number of benzene rings is 2. The topological polar surface area (TPSA) is 132 Å². The Morgan fingerprint density at radius 2 is 1.94 bits per heavy atom. The number of H-pyrrole nitrogens is 1. The van der Waals surface area contributed by atoms with Crippen molar-refractivity contribution < 1.29 is 9.53 Å². The van der Waals surface area contributed by atoms with Crippen LogP contribution in [0.5, 0.6) is 11.5 Å². The highest BCUT2D eigenvalue weighted by molar-refractivity contribution is 6.32. The van der Waals surface area contributed by atoms with Crippen LogP contribution in [0, 0.1) is 13.8 Å². The van der Waals surface area contributed by atoms with Crippen LogP contribution in [0.25, 0.3) is 5.69 Å². The summed E-state index contributed by atoms with van der Waals surface area (Å²) in [5.74, 6) is 0.725. The minimum atomic E-state index is -0.752. The molecular formula is C21H18ClN5O4. The third-order valence-corrected chi connectivity index (χ3v) is 6.13. The Balaban J connectivity index is 1.55. The molecule has 0 atom stereocenters. The van der Waals surface area contributed by atoms with Gasteiger partial charge in [-0.1, -0.05) is 11.6 Å². The highest BCUT2D eigenvalue weighted by Crippen LogP contribution is 2.57. The fourth-order valence-electron chi connectivity index (χ4n) is 4.14. The smallest absolute Gasteiger partial charge is 0.349 e. The zero-order chi connectivity index (χ0) is 22.1. The van der Waals surface area contributed by atoms with E-state index in [0.29, 0.717) is 22.7 Å². The van der Waals surface area contributed by atoms with Gasteiger partial charge in [0.2, 0.25) is 11.7 Å². The second-order valence-electron chi connectivity index (χ2n) is 7.88. The van der Waals surface area contributed by atoms with E-state index in [2.05, 4.69) is 15.4 Å². The van der Waals surface area contributed by atoms with Gasteiger partial charge in [-0.15, -0.1) is 5.10 Å². The number of aromatic nitrogens is 3. The van der Waals surface area contributed by atoms with Gasteiger partial charge in [0.15, 0.2) is 0 Å². The molecule has 0 saturated heterocycles. The molecule has 1 amide bonds.